The van der Waals surface area contributed by atoms with Crippen molar-refractivity contribution in [3.8, 4) is 11.4 Å². The number of ether oxygens (including phenoxy) is 1. The second kappa shape index (κ2) is 4.88. The van der Waals surface area contributed by atoms with Crippen LogP contribution in [0.4, 0.5) is 0 Å². The van der Waals surface area contributed by atoms with E-state index < -0.39 is 0 Å². The molecule has 3 N–H and O–H groups in total. The van der Waals surface area contributed by atoms with E-state index in [0.29, 0.717) is 17.2 Å². The van der Waals surface area contributed by atoms with Gasteiger partial charge in [-0.25, -0.2) is 4.68 Å². The van der Waals surface area contributed by atoms with Crippen LogP contribution >= 0.6 is 0 Å². The van der Waals surface area contributed by atoms with Crippen molar-refractivity contribution in [2.45, 2.75) is 18.8 Å². The molecule has 6 heteroatoms. The standard InChI is InChI=1S/C14H16N4O2/c1-20-10-4-5-11(14(15)17-19)13(8-10)18-7-6-12(16-18)9-2-3-9/h4-9,19H,2-3H2,1H3,(H2,15,17). The molecule has 1 fully saturated rings. The minimum absolute atomic E-state index is 0.0473. The molecule has 0 atom stereocenters. The van der Waals surface area contributed by atoms with E-state index in [9.17, 15) is 0 Å². The van der Waals surface area contributed by atoms with Gasteiger partial charge < -0.3 is 15.7 Å². The van der Waals surface area contributed by atoms with Gasteiger partial charge in [0.25, 0.3) is 0 Å². The number of nitrogens with zero attached hydrogens (tertiary/aromatic N) is 3. The molecule has 1 aromatic carbocycles. The number of benzene rings is 1. The summed E-state index contributed by atoms with van der Waals surface area (Å²) in [7, 11) is 1.60. The van der Waals surface area contributed by atoms with E-state index in [1.807, 2.05) is 18.3 Å². The predicted octanol–water partition coefficient (Wildman–Crippen LogP) is 1.85. The molecule has 0 amide bonds. The second-order valence-corrected chi connectivity index (χ2v) is 4.83. The highest BCUT2D eigenvalue weighted by Gasteiger charge is 2.26. The first-order chi connectivity index (χ1) is 9.72. The average molecular weight is 272 g/mol. The second-order valence-electron chi connectivity index (χ2n) is 4.83. The monoisotopic (exact) mass is 272 g/mol. The van der Waals surface area contributed by atoms with Crippen molar-refractivity contribution in [3.05, 3.63) is 41.7 Å². The number of aromatic nitrogens is 2. The molecule has 6 nitrogen and oxygen atoms in total. The van der Waals surface area contributed by atoms with Crippen LogP contribution in [0.3, 0.4) is 0 Å². The third-order valence-electron chi connectivity index (χ3n) is 3.44. The summed E-state index contributed by atoms with van der Waals surface area (Å²) in [5, 5.41) is 16.5. The number of nitrogens with two attached hydrogens (primary N) is 1. The van der Waals surface area contributed by atoms with E-state index in [1.165, 1.54) is 12.8 Å². The molecule has 3 rings (SSSR count). The number of methoxy groups -OCH3 is 1. The fourth-order valence-electron chi connectivity index (χ4n) is 2.17. The van der Waals surface area contributed by atoms with Crippen LogP contribution in [-0.4, -0.2) is 27.9 Å². The van der Waals surface area contributed by atoms with Crippen molar-refractivity contribution in [1.29, 1.82) is 0 Å². The van der Waals surface area contributed by atoms with Crippen LogP contribution in [-0.2, 0) is 0 Å². The summed E-state index contributed by atoms with van der Waals surface area (Å²) in [4.78, 5) is 0. The highest BCUT2D eigenvalue weighted by molar-refractivity contribution is 6.00. The van der Waals surface area contributed by atoms with Crippen LogP contribution in [0, 0.1) is 0 Å². The van der Waals surface area contributed by atoms with Crippen molar-refractivity contribution in [2.24, 2.45) is 10.9 Å². The van der Waals surface area contributed by atoms with E-state index in [-0.39, 0.29) is 5.84 Å². The smallest absolute Gasteiger partial charge is 0.172 e. The van der Waals surface area contributed by atoms with Crippen LogP contribution in [0.2, 0.25) is 0 Å². The Morgan fingerprint density at radius 3 is 2.90 bits per heavy atom. The van der Waals surface area contributed by atoms with Crippen LogP contribution in [0.25, 0.3) is 5.69 Å². The molecule has 0 saturated heterocycles. The van der Waals surface area contributed by atoms with Crippen LogP contribution < -0.4 is 10.5 Å². The highest BCUT2D eigenvalue weighted by atomic mass is 16.5. The van der Waals surface area contributed by atoms with Gasteiger partial charge >= 0.3 is 0 Å². The highest BCUT2D eigenvalue weighted by Crippen LogP contribution is 2.39. The van der Waals surface area contributed by atoms with Crippen LogP contribution in [0.1, 0.15) is 30.0 Å². The van der Waals surface area contributed by atoms with E-state index >= 15 is 0 Å². The summed E-state index contributed by atoms with van der Waals surface area (Å²) in [6.45, 7) is 0. The lowest BCUT2D eigenvalue weighted by atomic mass is 10.1. The third-order valence-corrected chi connectivity index (χ3v) is 3.44. The Hall–Kier alpha value is -2.50. The minimum Gasteiger partial charge on any atom is -0.497 e. The third kappa shape index (κ3) is 2.20. The van der Waals surface area contributed by atoms with Gasteiger partial charge in [0.1, 0.15) is 5.75 Å². The number of amidine groups is 1. The molecule has 104 valence electrons. The van der Waals surface area contributed by atoms with Gasteiger partial charge in [-0.15, -0.1) is 0 Å². The summed E-state index contributed by atoms with van der Waals surface area (Å²) >= 11 is 0. The molecule has 0 spiro atoms. The number of hydrogen-bond donors (Lipinski definition) is 2. The zero-order valence-corrected chi connectivity index (χ0v) is 11.2. The van der Waals surface area contributed by atoms with Crippen LogP contribution in [0.5, 0.6) is 5.75 Å². The van der Waals surface area contributed by atoms with Gasteiger partial charge in [0, 0.05) is 23.7 Å². The van der Waals surface area contributed by atoms with Crippen LogP contribution in [0.15, 0.2) is 35.6 Å². The Balaban J connectivity index is 2.08. The van der Waals surface area contributed by atoms with Crippen molar-refractivity contribution in [3.63, 3.8) is 0 Å². The van der Waals surface area contributed by atoms with Gasteiger partial charge in [-0.05, 0) is 31.0 Å². The molecule has 0 aliphatic heterocycles. The number of oxime groups is 1. The van der Waals surface area contributed by atoms with Gasteiger partial charge in [0.15, 0.2) is 5.84 Å². The zero-order valence-electron chi connectivity index (χ0n) is 11.2. The Morgan fingerprint density at radius 2 is 2.25 bits per heavy atom. The largest absolute Gasteiger partial charge is 0.497 e. The molecule has 2 aromatic rings. The topological polar surface area (TPSA) is 85.7 Å². The molecule has 1 aromatic heterocycles. The maximum atomic E-state index is 8.89. The van der Waals surface area contributed by atoms with Crippen molar-refractivity contribution < 1.29 is 9.94 Å². The quantitative estimate of drug-likeness (QED) is 0.385. The average Bonchev–Trinajstić information content (AvgIpc) is 3.23. The molecule has 0 radical (unpaired) electrons. The molecule has 1 aliphatic rings. The molecule has 1 saturated carbocycles. The van der Waals surface area contributed by atoms with Gasteiger partial charge in [-0.1, -0.05) is 5.16 Å². The Kier molecular flexibility index (Phi) is 3.06. The van der Waals surface area contributed by atoms with Crippen molar-refractivity contribution >= 4 is 5.84 Å². The Bertz CT molecular complexity index is 659. The van der Waals surface area contributed by atoms with Gasteiger partial charge in [-0.2, -0.15) is 5.10 Å². The van der Waals surface area contributed by atoms with Crippen molar-refractivity contribution in [1.82, 2.24) is 9.78 Å². The van der Waals surface area contributed by atoms with Gasteiger partial charge in [-0.3, -0.25) is 0 Å². The van der Waals surface area contributed by atoms with Gasteiger partial charge in [0.05, 0.1) is 18.5 Å². The summed E-state index contributed by atoms with van der Waals surface area (Å²) in [5.74, 6) is 1.32. The Labute approximate surface area is 116 Å². The predicted molar refractivity (Wildman–Crippen MR) is 74.6 cm³/mol. The lowest BCUT2D eigenvalue weighted by molar-refractivity contribution is 0.318. The maximum Gasteiger partial charge on any atom is 0.172 e. The normalized spacial score (nSPS) is 15.3. The first kappa shape index (κ1) is 12.5. The summed E-state index contributed by atoms with van der Waals surface area (Å²) in [5.41, 5.74) is 8.14. The fourth-order valence-corrected chi connectivity index (χ4v) is 2.17. The molecule has 1 aliphatic carbocycles. The van der Waals surface area contributed by atoms with E-state index in [0.717, 1.165) is 11.4 Å². The number of rotatable bonds is 4. The molecular weight excluding hydrogens is 256 g/mol. The summed E-state index contributed by atoms with van der Waals surface area (Å²) < 4.78 is 6.97. The maximum absolute atomic E-state index is 8.89. The van der Waals surface area contributed by atoms with E-state index in [2.05, 4.69) is 10.3 Å². The van der Waals surface area contributed by atoms with Crippen molar-refractivity contribution in [2.75, 3.05) is 7.11 Å². The zero-order chi connectivity index (χ0) is 14.1. The molecule has 0 bridgehead atoms. The SMILES string of the molecule is COc1ccc(/C(N)=N/O)c(-n2ccc(C3CC3)n2)c1. The number of hydrogen-bond acceptors (Lipinski definition) is 4. The molecule has 1 heterocycles. The lowest BCUT2D eigenvalue weighted by Gasteiger charge is -2.10. The summed E-state index contributed by atoms with van der Waals surface area (Å²) in [6, 6.07) is 7.34. The molecular formula is C14H16N4O2. The first-order valence-corrected chi connectivity index (χ1v) is 6.45. The van der Waals surface area contributed by atoms with E-state index in [1.54, 1.807) is 23.9 Å². The van der Waals surface area contributed by atoms with E-state index in [4.69, 9.17) is 15.7 Å². The Morgan fingerprint density at radius 1 is 1.45 bits per heavy atom. The fraction of sp³-hybridized carbons (Fsp3) is 0.286. The minimum atomic E-state index is 0.0473. The first-order valence-electron chi connectivity index (χ1n) is 6.45. The lowest BCUT2D eigenvalue weighted by Crippen LogP contribution is -2.16. The van der Waals surface area contributed by atoms with Gasteiger partial charge in [0.2, 0.25) is 0 Å². The molecule has 20 heavy (non-hydrogen) atoms. The summed E-state index contributed by atoms with van der Waals surface area (Å²) in [6.07, 6.45) is 4.28. The molecule has 0 unspecified atom stereocenters.